The first kappa shape index (κ1) is 15.6. The van der Waals surface area contributed by atoms with Gasteiger partial charge in [-0.15, -0.1) is 0 Å². The minimum absolute atomic E-state index is 0.155. The van der Waals surface area contributed by atoms with Gasteiger partial charge in [0.25, 0.3) is 5.91 Å². The average molecular weight is 303 g/mol. The molecular formula is C15H17N3O4. The summed E-state index contributed by atoms with van der Waals surface area (Å²) in [4.78, 5) is 30.5. The van der Waals surface area contributed by atoms with Crippen LogP contribution in [0.2, 0.25) is 0 Å². The van der Waals surface area contributed by atoms with Crippen LogP contribution in [0.4, 0.5) is 0 Å². The molecule has 2 aromatic heterocycles. The standard InChI is InChI=1S/C15H17N3O4/c1-3-22-15-10(5-4-6-16-15)8-18-14(20)11-7-12(19)13(21-2)9-17-11/h4-7,9H,3,8H2,1-2H3,(H,17,19)(H,18,20). The second kappa shape index (κ2) is 7.26. The van der Waals surface area contributed by atoms with Crippen molar-refractivity contribution in [3.05, 3.63) is 52.1 Å². The number of pyridine rings is 2. The first-order valence-corrected chi connectivity index (χ1v) is 6.77. The van der Waals surface area contributed by atoms with Crippen molar-refractivity contribution >= 4 is 5.91 Å². The van der Waals surface area contributed by atoms with Gasteiger partial charge in [0.15, 0.2) is 5.75 Å². The number of carbonyl (C=O) groups excluding carboxylic acids is 1. The molecule has 2 rings (SSSR count). The zero-order chi connectivity index (χ0) is 15.9. The lowest BCUT2D eigenvalue weighted by molar-refractivity contribution is 0.0945. The lowest BCUT2D eigenvalue weighted by atomic mass is 10.2. The third kappa shape index (κ3) is 3.63. The zero-order valence-electron chi connectivity index (χ0n) is 12.4. The molecule has 7 heteroatoms. The third-order valence-electron chi connectivity index (χ3n) is 2.91. The smallest absolute Gasteiger partial charge is 0.268 e. The van der Waals surface area contributed by atoms with E-state index in [1.165, 1.54) is 19.4 Å². The molecule has 2 heterocycles. The molecule has 0 spiro atoms. The molecule has 0 atom stereocenters. The maximum atomic E-state index is 12.1. The lowest BCUT2D eigenvalue weighted by Gasteiger charge is -2.10. The van der Waals surface area contributed by atoms with E-state index in [1.807, 2.05) is 13.0 Å². The van der Waals surface area contributed by atoms with Gasteiger partial charge in [-0.1, -0.05) is 6.07 Å². The number of hydrogen-bond acceptors (Lipinski definition) is 5. The Hall–Kier alpha value is -2.83. The molecular weight excluding hydrogens is 286 g/mol. The molecule has 1 amide bonds. The summed E-state index contributed by atoms with van der Waals surface area (Å²) in [7, 11) is 1.39. The van der Waals surface area contributed by atoms with Crippen molar-refractivity contribution in [1.29, 1.82) is 0 Å². The van der Waals surface area contributed by atoms with Crippen LogP contribution in [0.1, 0.15) is 23.0 Å². The van der Waals surface area contributed by atoms with E-state index in [-0.39, 0.29) is 23.4 Å². The number of aromatic nitrogens is 2. The Kier molecular flexibility index (Phi) is 5.13. The summed E-state index contributed by atoms with van der Waals surface area (Å²) in [5.74, 6) is 0.238. The molecule has 0 aromatic carbocycles. The SMILES string of the molecule is CCOc1ncccc1CNC(=O)c1cc(=O)c(OC)c[nH]1. The molecule has 0 unspecified atom stereocenters. The van der Waals surface area contributed by atoms with Crippen LogP contribution >= 0.6 is 0 Å². The van der Waals surface area contributed by atoms with E-state index in [9.17, 15) is 9.59 Å². The summed E-state index contributed by atoms with van der Waals surface area (Å²) in [5.41, 5.74) is 0.559. The van der Waals surface area contributed by atoms with Crippen molar-refractivity contribution in [2.24, 2.45) is 0 Å². The summed E-state index contributed by atoms with van der Waals surface area (Å²) in [6.07, 6.45) is 2.98. The minimum Gasteiger partial charge on any atom is -0.491 e. The topological polar surface area (TPSA) is 93.3 Å². The van der Waals surface area contributed by atoms with Gasteiger partial charge in [0.1, 0.15) is 5.69 Å². The number of hydrogen-bond donors (Lipinski definition) is 2. The van der Waals surface area contributed by atoms with Crippen LogP contribution in [0, 0.1) is 0 Å². The van der Waals surface area contributed by atoms with Gasteiger partial charge in [-0.05, 0) is 13.0 Å². The van der Waals surface area contributed by atoms with Crippen molar-refractivity contribution in [2.75, 3.05) is 13.7 Å². The summed E-state index contributed by atoms with van der Waals surface area (Å²) in [6, 6.07) is 4.77. The fourth-order valence-electron chi connectivity index (χ4n) is 1.84. The van der Waals surface area contributed by atoms with E-state index in [1.54, 1.807) is 12.3 Å². The molecule has 0 aliphatic carbocycles. The predicted molar refractivity (Wildman–Crippen MR) is 80.2 cm³/mol. The first-order valence-electron chi connectivity index (χ1n) is 6.77. The van der Waals surface area contributed by atoms with Crippen molar-refractivity contribution in [1.82, 2.24) is 15.3 Å². The van der Waals surface area contributed by atoms with Gasteiger partial charge in [-0.2, -0.15) is 0 Å². The highest BCUT2D eigenvalue weighted by Crippen LogP contribution is 2.13. The number of nitrogens with zero attached hydrogens (tertiary/aromatic N) is 1. The van der Waals surface area contributed by atoms with Crippen LogP contribution in [-0.2, 0) is 6.54 Å². The highest BCUT2D eigenvalue weighted by Gasteiger charge is 2.11. The monoisotopic (exact) mass is 303 g/mol. The summed E-state index contributed by atoms with van der Waals surface area (Å²) < 4.78 is 10.2. The molecule has 2 N–H and O–H groups in total. The predicted octanol–water partition coefficient (Wildman–Crippen LogP) is 1.11. The molecule has 7 nitrogen and oxygen atoms in total. The Morgan fingerprint density at radius 1 is 1.45 bits per heavy atom. The van der Waals surface area contributed by atoms with Crippen LogP contribution in [0.3, 0.4) is 0 Å². The van der Waals surface area contributed by atoms with Gasteiger partial charge in [0.05, 0.1) is 13.7 Å². The van der Waals surface area contributed by atoms with Gasteiger partial charge in [0, 0.05) is 30.6 Å². The van der Waals surface area contributed by atoms with Crippen LogP contribution < -0.4 is 20.2 Å². The van der Waals surface area contributed by atoms with Crippen molar-refractivity contribution in [2.45, 2.75) is 13.5 Å². The number of nitrogens with one attached hydrogen (secondary N) is 2. The normalized spacial score (nSPS) is 10.1. The van der Waals surface area contributed by atoms with Crippen LogP contribution in [0.15, 0.2) is 35.4 Å². The van der Waals surface area contributed by atoms with E-state index in [0.717, 1.165) is 5.56 Å². The highest BCUT2D eigenvalue weighted by molar-refractivity contribution is 5.92. The van der Waals surface area contributed by atoms with E-state index in [2.05, 4.69) is 15.3 Å². The number of carbonyl (C=O) groups is 1. The minimum atomic E-state index is -0.397. The van der Waals surface area contributed by atoms with E-state index in [0.29, 0.717) is 12.5 Å². The molecule has 116 valence electrons. The van der Waals surface area contributed by atoms with Gasteiger partial charge in [-0.3, -0.25) is 9.59 Å². The molecule has 2 aromatic rings. The van der Waals surface area contributed by atoms with Crippen molar-refractivity contribution in [3.63, 3.8) is 0 Å². The second-order valence-electron chi connectivity index (χ2n) is 4.36. The fraction of sp³-hybridized carbons (Fsp3) is 0.267. The van der Waals surface area contributed by atoms with Crippen LogP contribution in [0.5, 0.6) is 11.6 Å². The number of aromatic amines is 1. The summed E-state index contributed by atoms with van der Waals surface area (Å²) in [5, 5.41) is 2.71. The Balaban J connectivity index is 2.07. The third-order valence-corrected chi connectivity index (χ3v) is 2.91. The Labute approximate surface area is 127 Å². The average Bonchev–Trinajstić information content (AvgIpc) is 2.54. The van der Waals surface area contributed by atoms with Gasteiger partial charge < -0.3 is 19.8 Å². The Bertz CT molecular complexity index is 712. The molecule has 0 aliphatic heterocycles. The summed E-state index contributed by atoms with van der Waals surface area (Å²) >= 11 is 0. The van der Waals surface area contributed by atoms with E-state index in [4.69, 9.17) is 9.47 Å². The van der Waals surface area contributed by atoms with E-state index < -0.39 is 5.91 Å². The van der Waals surface area contributed by atoms with Crippen molar-refractivity contribution in [3.8, 4) is 11.6 Å². The van der Waals surface area contributed by atoms with Crippen LogP contribution in [-0.4, -0.2) is 29.6 Å². The molecule has 22 heavy (non-hydrogen) atoms. The maximum Gasteiger partial charge on any atom is 0.268 e. The Morgan fingerprint density at radius 3 is 2.95 bits per heavy atom. The first-order chi connectivity index (χ1) is 10.7. The fourth-order valence-corrected chi connectivity index (χ4v) is 1.84. The zero-order valence-corrected chi connectivity index (χ0v) is 12.4. The summed E-state index contributed by atoms with van der Waals surface area (Å²) in [6.45, 7) is 2.60. The number of rotatable bonds is 6. The molecule has 0 aliphatic rings. The largest absolute Gasteiger partial charge is 0.491 e. The van der Waals surface area contributed by atoms with Crippen molar-refractivity contribution < 1.29 is 14.3 Å². The van der Waals surface area contributed by atoms with Crippen LogP contribution in [0.25, 0.3) is 0 Å². The van der Waals surface area contributed by atoms with Gasteiger partial charge in [-0.25, -0.2) is 4.98 Å². The molecule has 0 bridgehead atoms. The van der Waals surface area contributed by atoms with E-state index >= 15 is 0 Å². The molecule has 0 saturated carbocycles. The molecule has 0 fully saturated rings. The second-order valence-corrected chi connectivity index (χ2v) is 4.36. The highest BCUT2D eigenvalue weighted by atomic mass is 16.5. The molecule has 0 radical (unpaired) electrons. The molecule has 0 saturated heterocycles. The Morgan fingerprint density at radius 2 is 2.27 bits per heavy atom. The quantitative estimate of drug-likeness (QED) is 0.833. The maximum absolute atomic E-state index is 12.1. The lowest BCUT2D eigenvalue weighted by Crippen LogP contribution is -2.25. The number of methoxy groups -OCH3 is 1. The number of amides is 1. The number of ether oxygens (including phenoxy) is 2. The van der Waals surface area contributed by atoms with Gasteiger partial charge >= 0.3 is 0 Å². The number of H-pyrrole nitrogens is 1. The van der Waals surface area contributed by atoms with Gasteiger partial charge in [0.2, 0.25) is 11.3 Å².